The molecule has 5 nitrogen and oxygen atoms in total. The predicted octanol–water partition coefficient (Wildman–Crippen LogP) is 4.54. The molecule has 0 aliphatic carbocycles. The molecule has 2 saturated heterocycles. The molecule has 158 valence electrons. The van der Waals surface area contributed by atoms with Crippen molar-refractivity contribution in [2.45, 2.75) is 45.6 Å². The van der Waals surface area contributed by atoms with Crippen LogP contribution in [0.3, 0.4) is 0 Å². The molecule has 5 heteroatoms. The van der Waals surface area contributed by atoms with Gasteiger partial charge in [0, 0.05) is 43.0 Å². The van der Waals surface area contributed by atoms with Crippen LogP contribution in [-0.4, -0.2) is 31.4 Å². The van der Waals surface area contributed by atoms with E-state index in [4.69, 9.17) is 0 Å². The fourth-order valence-electron chi connectivity index (χ4n) is 4.47. The molecular formula is C25H31N3O2. The number of hydrogen-bond acceptors (Lipinski definition) is 3. The van der Waals surface area contributed by atoms with Crippen LogP contribution in [0.2, 0.25) is 0 Å². The van der Waals surface area contributed by atoms with Gasteiger partial charge in [0.25, 0.3) is 5.91 Å². The largest absolute Gasteiger partial charge is 0.371 e. The van der Waals surface area contributed by atoms with Gasteiger partial charge in [-0.1, -0.05) is 19.1 Å². The quantitative estimate of drug-likeness (QED) is 0.795. The van der Waals surface area contributed by atoms with Crippen molar-refractivity contribution in [3.05, 3.63) is 59.7 Å². The maximum atomic E-state index is 12.7. The number of amides is 2. The minimum Gasteiger partial charge on any atom is -0.371 e. The Labute approximate surface area is 179 Å². The van der Waals surface area contributed by atoms with Gasteiger partial charge in [-0.15, -0.1) is 0 Å². The number of anilines is 2. The number of carbonyl (C=O) groups is 2. The van der Waals surface area contributed by atoms with E-state index in [1.807, 2.05) is 19.1 Å². The Hall–Kier alpha value is -2.82. The highest BCUT2D eigenvalue weighted by Crippen LogP contribution is 2.25. The van der Waals surface area contributed by atoms with Crippen molar-refractivity contribution in [3.63, 3.8) is 0 Å². The zero-order valence-corrected chi connectivity index (χ0v) is 17.9. The second-order valence-corrected chi connectivity index (χ2v) is 8.68. The van der Waals surface area contributed by atoms with Gasteiger partial charge in [-0.25, -0.2) is 0 Å². The summed E-state index contributed by atoms with van der Waals surface area (Å²) in [5.41, 5.74) is 3.83. The molecule has 2 aliphatic heterocycles. The van der Waals surface area contributed by atoms with Crippen molar-refractivity contribution >= 4 is 23.2 Å². The van der Waals surface area contributed by atoms with E-state index in [9.17, 15) is 9.59 Å². The zero-order chi connectivity index (χ0) is 21.1. The summed E-state index contributed by atoms with van der Waals surface area (Å²) < 4.78 is 0. The van der Waals surface area contributed by atoms with E-state index in [-0.39, 0.29) is 17.9 Å². The first-order valence-electron chi connectivity index (χ1n) is 11.1. The second-order valence-electron chi connectivity index (χ2n) is 8.68. The summed E-state index contributed by atoms with van der Waals surface area (Å²) in [5, 5.41) is 3.08. The van der Waals surface area contributed by atoms with E-state index in [1.165, 1.54) is 18.5 Å². The maximum absolute atomic E-state index is 12.7. The maximum Gasteiger partial charge on any atom is 0.251 e. The van der Waals surface area contributed by atoms with Crippen LogP contribution in [-0.2, 0) is 4.79 Å². The first kappa shape index (κ1) is 20.5. The summed E-state index contributed by atoms with van der Waals surface area (Å²) in [6.07, 6.45) is 4.07. The van der Waals surface area contributed by atoms with Crippen LogP contribution in [0.25, 0.3) is 0 Å². The van der Waals surface area contributed by atoms with Gasteiger partial charge < -0.3 is 15.1 Å². The molecule has 0 spiro atoms. The summed E-state index contributed by atoms with van der Waals surface area (Å²) in [7, 11) is 0. The van der Waals surface area contributed by atoms with Gasteiger partial charge in [-0.3, -0.25) is 9.59 Å². The Bertz CT molecular complexity index is 892. The molecule has 2 unspecified atom stereocenters. The lowest BCUT2D eigenvalue weighted by Gasteiger charge is -2.33. The van der Waals surface area contributed by atoms with Crippen molar-refractivity contribution in [1.29, 1.82) is 0 Å². The predicted molar refractivity (Wildman–Crippen MR) is 121 cm³/mol. The standard InChI is InChI=1S/C25H31N3O2/c1-18-5-3-15-27(17-18)22-11-7-20(8-12-22)19(2)26-25(30)21-9-13-23(14-10-21)28-16-4-6-24(28)29/h7-14,18-19H,3-6,15-17H2,1-2H3,(H,26,30). The fraction of sp³-hybridized carbons (Fsp3) is 0.440. The van der Waals surface area contributed by atoms with Crippen LogP contribution < -0.4 is 15.1 Å². The molecule has 0 aromatic heterocycles. The van der Waals surface area contributed by atoms with E-state index in [2.05, 4.69) is 41.4 Å². The molecule has 0 saturated carbocycles. The van der Waals surface area contributed by atoms with E-state index in [0.29, 0.717) is 12.0 Å². The number of hydrogen-bond donors (Lipinski definition) is 1. The Balaban J connectivity index is 1.36. The molecule has 30 heavy (non-hydrogen) atoms. The zero-order valence-electron chi connectivity index (χ0n) is 17.9. The van der Waals surface area contributed by atoms with Gasteiger partial charge in [0.2, 0.25) is 5.91 Å². The van der Waals surface area contributed by atoms with E-state index < -0.39 is 0 Å². The lowest BCUT2D eigenvalue weighted by Crippen LogP contribution is -2.34. The third-order valence-corrected chi connectivity index (χ3v) is 6.28. The van der Waals surface area contributed by atoms with Gasteiger partial charge in [0.15, 0.2) is 0 Å². The van der Waals surface area contributed by atoms with Gasteiger partial charge in [0.05, 0.1) is 6.04 Å². The van der Waals surface area contributed by atoms with Crippen molar-refractivity contribution < 1.29 is 9.59 Å². The Kier molecular flexibility index (Phi) is 6.07. The topological polar surface area (TPSA) is 52.7 Å². The van der Waals surface area contributed by atoms with Crippen LogP contribution in [0.4, 0.5) is 11.4 Å². The summed E-state index contributed by atoms with van der Waals surface area (Å²) in [6, 6.07) is 15.8. The fourth-order valence-corrected chi connectivity index (χ4v) is 4.47. The van der Waals surface area contributed by atoms with Gasteiger partial charge in [0.1, 0.15) is 0 Å². The number of benzene rings is 2. The molecule has 2 aliphatic rings. The highest BCUT2D eigenvalue weighted by Gasteiger charge is 2.22. The lowest BCUT2D eigenvalue weighted by atomic mass is 9.99. The normalized spacial score (nSPS) is 20.3. The monoisotopic (exact) mass is 405 g/mol. The SMILES string of the molecule is CC1CCCN(c2ccc(C(C)NC(=O)c3ccc(N4CCCC4=O)cc3)cc2)C1. The molecular weight excluding hydrogens is 374 g/mol. The van der Waals surface area contributed by atoms with Gasteiger partial charge in [-0.05, 0) is 74.1 Å². The molecule has 4 rings (SSSR count). The molecule has 2 heterocycles. The molecule has 2 atom stereocenters. The average molecular weight is 406 g/mol. The van der Waals surface area contributed by atoms with Crippen molar-refractivity contribution in [3.8, 4) is 0 Å². The molecule has 2 fully saturated rings. The lowest BCUT2D eigenvalue weighted by molar-refractivity contribution is -0.117. The van der Waals surface area contributed by atoms with Crippen molar-refractivity contribution in [2.24, 2.45) is 5.92 Å². The van der Waals surface area contributed by atoms with E-state index in [1.54, 1.807) is 17.0 Å². The smallest absolute Gasteiger partial charge is 0.251 e. The van der Waals surface area contributed by atoms with Crippen LogP contribution in [0.1, 0.15) is 61.5 Å². The molecule has 2 aromatic rings. The first-order valence-corrected chi connectivity index (χ1v) is 11.1. The highest BCUT2D eigenvalue weighted by atomic mass is 16.2. The van der Waals surface area contributed by atoms with Crippen LogP contribution >= 0.6 is 0 Å². The minimum atomic E-state index is -0.101. The minimum absolute atomic E-state index is 0.0772. The van der Waals surface area contributed by atoms with Crippen LogP contribution in [0, 0.1) is 5.92 Å². The van der Waals surface area contributed by atoms with Gasteiger partial charge >= 0.3 is 0 Å². The molecule has 2 aromatic carbocycles. The number of nitrogens with zero attached hydrogens (tertiary/aromatic N) is 2. The number of nitrogens with one attached hydrogen (secondary N) is 1. The molecule has 2 amide bonds. The van der Waals surface area contributed by atoms with Crippen molar-refractivity contribution in [2.75, 3.05) is 29.4 Å². The molecule has 0 bridgehead atoms. The van der Waals surface area contributed by atoms with Crippen molar-refractivity contribution in [1.82, 2.24) is 5.32 Å². The van der Waals surface area contributed by atoms with E-state index >= 15 is 0 Å². The van der Waals surface area contributed by atoms with Gasteiger partial charge in [-0.2, -0.15) is 0 Å². The third kappa shape index (κ3) is 4.50. The number of carbonyl (C=O) groups excluding carboxylic acids is 2. The third-order valence-electron chi connectivity index (χ3n) is 6.28. The Morgan fingerprint density at radius 2 is 1.70 bits per heavy atom. The average Bonchev–Trinajstić information content (AvgIpc) is 3.20. The summed E-state index contributed by atoms with van der Waals surface area (Å²) >= 11 is 0. The number of rotatable bonds is 5. The number of piperidine rings is 1. The summed E-state index contributed by atoms with van der Waals surface area (Å²) in [6.45, 7) is 7.31. The van der Waals surface area contributed by atoms with Crippen LogP contribution in [0.5, 0.6) is 0 Å². The second kappa shape index (κ2) is 8.90. The molecule has 0 radical (unpaired) electrons. The van der Waals surface area contributed by atoms with E-state index in [0.717, 1.165) is 43.2 Å². The highest BCUT2D eigenvalue weighted by molar-refractivity contribution is 5.97. The first-order chi connectivity index (χ1) is 14.5. The summed E-state index contributed by atoms with van der Waals surface area (Å²) in [4.78, 5) is 28.8. The van der Waals surface area contributed by atoms with Crippen LogP contribution in [0.15, 0.2) is 48.5 Å². The molecule has 1 N–H and O–H groups in total. The summed E-state index contributed by atoms with van der Waals surface area (Å²) in [5.74, 6) is 0.797. The Morgan fingerprint density at radius 1 is 1.00 bits per heavy atom. The Morgan fingerprint density at radius 3 is 2.33 bits per heavy atom.